The van der Waals surface area contributed by atoms with E-state index >= 15 is 0 Å². The number of thiophene rings is 1. The second kappa shape index (κ2) is 7.93. The molecule has 0 fully saturated rings. The number of hydrogen-bond acceptors (Lipinski definition) is 4. The van der Waals surface area contributed by atoms with E-state index in [1.54, 1.807) is 24.8 Å². The van der Waals surface area contributed by atoms with Crippen molar-refractivity contribution in [3.8, 4) is 21.6 Å². The lowest BCUT2D eigenvalue weighted by Gasteiger charge is -2.03. The molecule has 1 N–H and O–H groups in total. The Labute approximate surface area is 161 Å². The van der Waals surface area contributed by atoms with Crippen LogP contribution in [-0.4, -0.2) is 15.9 Å². The van der Waals surface area contributed by atoms with Gasteiger partial charge in [-0.1, -0.05) is 30.3 Å². The number of aromatic nitrogens is 2. The minimum absolute atomic E-state index is 0.0699. The second-order valence-electron chi connectivity index (χ2n) is 5.99. The van der Waals surface area contributed by atoms with E-state index in [-0.39, 0.29) is 5.91 Å². The zero-order chi connectivity index (χ0) is 18.5. The number of pyridine rings is 2. The molecule has 3 aromatic heterocycles. The number of nitrogens with zero attached hydrogens (tertiary/aromatic N) is 2. The molecule has 0 atom stereocenters. The maximum Gasteiger partial charge on any atom is 0.261 e. The van der Waals surface area contributed by atoms with Crippen LogP contribution >= 0.6 is 11.3 Å². The minimum atomic E-state index is -0.0699. The van der Waals surface area contributed by atoms with Gasteiger partial charge in [-0.3, -0.25) is 14.8 Å². The molecule has 0 aliphatic heterocycles. The number of amides is 1. The summed E-state index contributed by atoms with van der Waals surface area (Å²) in [7, 11) is 0. The van der Waals surface area contributed by atoms with Crippen molar-refractivity contribution < 1.29 is 4.79 Å². The molecule has 1 amide bonds. The smallest absolute Gasteiger partial charge is 0.261 e. The average molecular weight is 371 g/mol. The van der Waals surface area contributed by atoms with E-state index < -0.39 is 0 Å². The lowest BCUT2D eigenvalue weighted by Crippen LogP contribution is -2.21. The largest absolute Gasteiger partial charge is 0.347 e. The molecule has 3 heterocycles. The Morgan fingerprint density at radius 3 is 2.15 bits per heavy atom. The maximum atomic E-state index is 12.7. The van der Waals surface area contributed by atoms with E-state index in [1.165, 1.54) is 11.3 Å². The third kappa shape index (κ3) is 3.93. The van der Waals surface area contributed by atoms with Crippen LogP contribution in [0.25, 0.3) is 21.6 Å². The lowest BCUT2D eigenvalue weighted by atomic mass is 10.0. The second-order valence-corrected chi connectivity index (χ2v) is 7.05. The molecule has 4 nitrogen and oxygen atoms in total. The predicted molar refractivity (Wildman–Crippen MR) is 108 cm³/mol. The predicted octanol–water partition coefficient (Wildman–Crippen LogP) is 4.80. The molecule has 0 saturated carbocycles. The third-order valence-corrected chi connectivity index (χ3v) is 5.37. The summed E-state index contributed by atoms with van der Waals surface area (Å²) in [6.45, 7) is 0.507. The summed E-state index contributed by atoms with van der Waals surface area (Å²) in [4.78, 5) is 22.6. The Morgan fingerprint density at radius 2 is 1.48 bits per heavy atom. The summed E-state index contributed by atoms with van der Waals surface area (Å²) >= 11 is 1.49. The fourth-order valence-electron chi connectivity index (χ4n) is 2.83. The molecule has 27 heavy (non-hydrogen) atoms. The van der Waals surface area contributed by atoms with Crippen LogP contribution in [0.3, 0.4) is 0 Å². The standard InChI is InChI=1S/C22H17N3OS/c26-22(25-15-16-4-2-1-3-5-16)20-14-19(17-6-10-23-11-7-17)21(27-20)18-8-12-24-13-9-18/h1-14H,15H2,(H,25,26). The van der Waals surface area contributed by atoms with Gasteiger partial charge in [0.15, 0.2) is 0 Å². The van der Waals surface area contributed by atoms with Crippen LogP contribution in [0.2, 0.25) is 0 Å². The van der Waals surface area contributed by atoms with Crippen molar-refractivity contribution in [3.63, 3.8) is 0 Å². The zero-order valence-electron chi connectivity index (χ0n) is 14.5. The maximum absolute atomic E-state index is 12.7. The van der Waals surface area contributed by atoms with E-state index in [1.807, 2.05) is 60.7 Å². The van der Waals surface area contributed by atoms with Crippen LogP contribution in [0.5, 0.6) is 0 Å². The first-order valence-electron chi connectivity index (χ1n) is 8.58. The van der Waals surface area contributed by atoms with Crippen molar-refractivity contribution in [1.29, 1.82) is 0 Å². The monoisotopic (exact) mass is 371 g/mol. The Kier molecular flexibility index (Phi) is 5.03. The molecule has 0 unspecified atom stereocenters. The van der Waals surface area contributed by atoms with E-state index in [4.69, 9.17) is 0 Å². The van der Waals surface area contributed by atoms with Crippen molar-refractivity contribution in [2.75, 3.05) is 0 Å². The van der Waals surface area contributed by atoms with E-state index in [2.05, 4.69) is 15.3 Å². The number of rotatable bonds is 5. The van der Waals surface area contributed by atoms with Gasteiger partial charge in [0.1, 0.15) is 0 Å². The summed E-state index contributed by atoms with van der Waals surface area (Å²) < 4.78 is 0. The fraction of sp³-hybridized carbons (Fsp3) is 0.0455. The van der Waals surface area contributed by atoms with Crippen LogP contribution in [0.1, 0.15) is 15.2 Å². The zero-order valence-corrected chi connectivity index (χ0v) is 15.3. The van der Waals surface area contributed by atoms with E-state index in [9.17, 15) is 4.79 Å². The number of carbonyl (C=O) groups is 1. The molecule has 0 aliphatic rings. The highest BCUT2D eigenvalue weighted by atomic mass is 32.1. The van der Waals surface area contributed by atoms with Crippen molar-refractivity contribution in [3.05, 3.63) is 95.9 Å². The van der Waals surface area contributed by atoms with Gasteiger partial charge in [0.2, 0.25) is 0 Å². The van der Waals surface area contributed by atoms with Crippen LogP contribution in [0.15, 0.2) is 85.5 Å². The van der Waals surface area contributed by atoms with Crippen LogP contribution < -0.4 is 5.32 Å². The van der Waals surface area contributed by atoms with Gasteiger partial charge < -0.3 is 5.32 Å². The van der Waals surface area contributed by atoms with Crippen molar-refractivity contribution >= 4 is 17.2 Å². The highest BCUT2D eigenvalue weighted by molar-refractivity contribution is 7.18. The summed E-state index contributed by atoms with van der Waals surface area (Å²) in [6.07, 6.45) is 7.05. The van der Waals surface area contributed by atoms with Crippen molar-refractivity contribution in [2.45, 2.75) is 6.54 Å². The summed E-state index contributed by atoms with van der Waals surface area (Å²) in [5, 5.41) is 3.01. The van der Waals surface area contributed by atoms with E-state index in [0.717, 1.165) is 27.1 Å². The summed E-state index contributed by atoms with van der Waals surface area (Å²) in [6, 6.07) is 19.7. The van der Waals surface area contributed by atoms with Gasteiger partial charge in [-0.25, -0.2) is 0 Å². The number of benzene rings is 1. The van der Waals surface area contributed by atoms with Gasteiger partial charge >= 0.3 is 0 Å². The van der Waals surface area contributed by atoms with Gasteiger partial charge in [-0.15, -0.1) is 11.3 Å². The Bertz CT molecular complexity index is 974. The van der Waals surface area contributed by atoms with Crippen LogP contribution in [0.4, 0.5) is 0 Å². The first-order valence-corrected chi connectivity index (χ1v) is 9.39. The molecule has 5 heteroatoms. The molecule has 1 aromatic carbocycles. The third-order valence-electron chi connectivity index (χ3n) is 4.19. The molecule has 0 saturated heterocycles. The van der Waals surface area contributed by atoms with Gasteiger partial charge in [-0.2, -0.15) is 0 Å². The normalized spacial score (nSPS) is 10.5. The Morgan fingerprint density at radius 1 is 0.852 bits per heavy atom. The molecule has 0 radical (unpaired) electrons. The molecule has 0 aliphatic carbocycles. The van der Waals surface area contributed by atoms with Crippen LogP contribution in [-0.2, 0) is 6.54 Å². The molecule has 0 spiro atoms. The highest BCUT2D eigenvalue weighted by Gasteiger charge is 2.17. The molecular weight excluding hydrogens is 354 g/mol. The van der Waals surface area contributed by atoms with E-state index in [0.29, 0.717) is 11.4 Å². The van der Waals surface area contributed by atoms with Crippen molar-refractivity contribution in [2.24, 2.45) is 0 Å². The number of carbonyl (C=O) groups excluding carboxylic acids is 1. The molecular formula is C22H17N3OS. The SMILES string of the molecule is O=C(NCc1ccccc1)c1cc(-c2ccncc2)c(-c2ccncc2)s1. The highest BCUT2D eigenvalue weighted by Crippen LogP contribution is 2.39. The fourth-order valence-corrected chi connectivity index (χ4v) is 3.93. The van der Waals surface area contributed by atoms with Gasteiger partial charge in [0.25, 0.3) is 5.91 Å². The van der Waals surface area contributed by atoms with Gasteiger partial charge in [-0.05, 0) is 47.0 Å². The summed E-state index contributed by atoms with van der Waals surface area (Å²) in [5.74, 6) is -0.0699. The minimum Gasteiger partial charge on any atom is -0.347 e. The number of hydrogen-bond donors (Lipinski definition) is 1. The van der Waals surface area contributed by atoms with Gasteiger partial charge in [0, 0.05) is 41.8 Å². The Hall–Kier alpha value is -3.31. The molecule has 0 bridgehead atoms. The van der Waals surface area contributed by atoms with Gasteiger partial charge in [0.05, 0.1) is 4.88 Å². The topological polar surface area (TPSA) is 54.9 Å². The lowest BCUT2D eigenvalue weighted by molar-refractivity contribution is 0.0955. The molecule has 4 rings (SSSR count). The number of nitrogens with one attached hydrogen (secondary N) is 1. The molecule has 132 valence electrons. The summed E-state index contributed by atoms with van der Waals surface area (Å²) in [5.41, 5.74) is 4.18. The first-order chi connectivity index (χ1) is 13.3. The van der Waals surface area contributed by atoms with Crippen LogP contribution in [0, 0.1) is 0 Å². The average Bonchev–Trinajstić information content (AvgIpc) is 3.20. The quantitative estimate of drug-likeness (QED) is 0.548. The first kappa shape index (κ1) is 17.1. The Balaban J connectivity index is 1.66. The molecule has 4 aromatic rings. The van der Waals surface area contributed by atoms with Crippen molar-refractivity contribution in [1.82, 2.24) is 15.3 Å².